The highest BCUT2D eigenvalue weighted by atomic mass is 19.4. The standard InChI is InChI=1S/C15H16F4N2O/c1-8(2)14-20-12-4-9(5-21-6-10(16)7-21)3-11(13(12)22-14)15(17,18)19/h3-4,8,10H,5-7H2,1-2H3. The Morgan fingerprint density at radius 2 is 2.00 bits per heavy atom. The second-order valence-electron chi connectivity index (χ2n) is 5.99. The highest BCUT2D eigenvalue weighted by molar-refractivity contribution is 5.78. The maximum atomic E-state index is 13.2. The van der Waals surface area contributed by atoms with Crippen molar-refractivity contribution in [2.45, 2.75) is 38.7 Å². The number of rotatable bonds is 3. The lowest BCUT2D eigenvalue weighted by atomic mass is 10.1. The van der Waals surface area contributed by atoms with Gasteiger partial charge in [0.25, 0.3) is 0 Å². The van der Waals surface area contributed by atoms with Crippen LogP contribution in [0.25, 0.3) is 11.1 Å². The lowest BCUT2D eigenvalue weighted by Crippen LogP contribution is -2.47. The quantitative estimate of drug-likeness (QED) is 0.798. The minimum absolute atomic E-state index is 0.0976. The first-order chi connectivity index (χ1) is 10.2. The first-order valence-corrected chi connectivity index (χ1v) is 7.11. The number of halogens is 4. The van der Waals surface area contributed by atoms with Gasteiger partial charge in [0.2, 0.25) is 0 Å². The molecule has 3 nitrogen and oxygen atoms in total. The van der Waals surface area contributed by atoms with E-state index in [4.69, 9.17) is 4.42 Å². The van der Waals surface area contributed by atoms with E-state index in [1.807, 2.05) is 0 Å². The molecule has 1 saturated heterocycles. The van der Waals surface area contributed by atoms with Crippen molar-refractivity contribution in [2.24, 2.45) is 0 Å². The molecule has 3 rings (SSSR count). The fourth-order valence-electron chi connectivity index (χ4n) is 2.55. The van der Waals surface area contributed by atoms with Gasteiger partial charge in [-0.05, 0) is 17.7 Å². The fourth-order valence-corrected chi connectivity index (χ4v) is 2.55. The van der Waals surface area contributed by atoms with Crippen molar-refractivity contribution in [1.82, 2.24) is 9.88 Å². The summed E-state index contributed by atoms with van der Waals surface area (Å²) in [7, 11) is 0. The zero-order valence-corrected chi connectivity index (χ0v) is 12.2. The third kappa shape index (κ3) is 2.82. The van der Waals surface area contributed by atoms with Gasteiger partial charge < -0.3 is 4.42 Å². The number of alkyl halides is 4. The molecule has 22 heavy (non-hydrogen) atoms. The normalized spacial score (nSPS) is 17.4. The Hall–Kier alpha value is -1.63. The molecule has 7 heteroatoms. The second-order valence-corrected chi connectivity index (χ2v) is 5.99. The van der Waals surface area contributed by atoms with Crippen LogP contribution in [-0.4, -0.2) is 29.1 Å². The SMILES string of the molecule is CC(C)c1nc2cc(CN3CC(F)C3)cc(C(F)(F)F)c2o1. The Bertz CT molecular complexity index is 687. The zero-order valence-electron chi connectivity index (χ0n) is 12.2. The van der Waals surface area contributed by atoms with Crippen LogP contribution in [0.3, 0.4) is 0 Å². The molecule has 0 spiro atoms. The number of aromatic nitrogens is 1. The van der Waals surface area contributed by atoms with E-state index >= 15 is 0 Å². The molecule has 0 N–H and O–H groups in total. The van der Waals surface area contributed by atoms with Crippen LogP contribution in [0.15, 0.2) is 16.5 Å². The van der Waals surface area contributed by atoms with E-state index in [0.717, 1.165) is 6.07 Å². The fraction of sp³-hybridized carbons (Fsp3) is 0.533. The van der Waals surface area contributed by atoms with Crippen LogP contribution in [0.1, 0.15) is 36.8 Å². The van der Waals surface area contributed by atoms with E-state index in [9.17, 15) is 17.6 Å². The Labute approximate surface area is 124 Å². The van der Waals surface area contributed by atoms with Gasteiger partial charge in [0.1, 0.15) is 17.3 Å². The molecule has 0 saturated carbocycles. The molecule has 1 fully saturated rings. The van der Waals surface area contributed by atoms with Gasteiger partial charge in [-0.1, -0.05) is 13.8 Å². The third-order valence-corrected chi connectivity index (χ3v) is 3.68. The van der Waals surface area contributed by atoms with E-state index in [0.29, 0.717) is 5.56 Å². The first-order valence-electron chi connectivity index (χ1n) is 7.11. The van der Waals surface area contributed by atoms with Crippen LogP contribution in [0.4, 0.5) is 17.6 Å². The van der Waals surface area contributed by atoms with E-state index in [2.05, 4.69) is 4.98 Å². The van der Waals surface area contributed by atoms with Gasteiger partial charge in [-0.15, -0.1) is 0 Å². The summed E-state index contributed by atoms with van der Waals surface area (Å²) in [4.78, 5) is 5.91. The predicted octanol–water partition coefficient (Wildman–Crippen LogP) is 4.12. The topological polar surface area (TPSA) is 29.3 Å². The Morgan fingerprint density at radius 1 is 1.32 bits per heavy atom. The highest BCUT2D eigenvalue weighted by Crippen LogP contribution is 2.37. The molecule has 0 radical (unpaired) electrons. The van der Waals surface area contributed by atoms with Gasteiger partial charge >= 0.3 is 6.18 Å². The number of nitrogens with zero attached hydrogens (tertiary/aromatic N) is 2. The average Bonchev–Trinajstić information content (AvgIpc) is 2.78. The minimum atomic E-state index is -4.51. The van der Waals surface area contributed by atoms with Crippen molar-refractivity contribution in [3.63, 3.8) is 0 Å². The molecule has 0 amide bonds. The minimum Gasteiger partial charge on any atom is -0.440 e. The molecule has 120 valence electrons. The van der Waals surface area contributed by atoms with Gasteiger partial charge in [0.05, 0.1) is 0 Å². The van der Waals surface area contributed by atoms with Crippen LogP contribution in [0.2, 0.25) is 0 Å². The number of hydrogen-bond donors (Lipinski definition) is 0. The predicted molar refractivity (Wildman–Crippen MR) is 73.3 cm³/mol. The third-order valence-electron chi connectivity index (χ3n) is 3.68. The van der Waals surface area contributed by atoms with E-state index in [-0.39, 0.29) is 42.5 Å². The Balaban J connectivity index is 2.03. The van der Waals surface area contributed by atoms with Crippen LogP contribution >= 0.6 is 0 Å². The van der Waals surface area contributed by atoms with Crippen molar-refractivity contribution >= 4 is 11.1 Å². The molecule has 0 bridgehead atoms. The van der Waals surface area contributed by atoms with E-state index in [1.54, 1.807) is 24.8 Å². The van der Waals surface area contributed by atoms with Crippen LogP contribution in [-0.2, 0) is 12.7 Å². The molecule has 0 aliphatic carbocycles. The number of likely N-dealkylation sites (tertiary alicyclic amines) is 1. The molecule has 1 aliphatic rings. The van der Waals surface area contributed by atoms with Crippen molar-refractivity contribution in [2.75, 3.05) is 13.1 Å². The largest absolute Gasteiger partial charge is 0.440 e. The van der Waals surface area contributed by atoms with Crippen LogP contribution < -0.4 is 0 Å². The van der Waals surface area contributed by atoms with Crippen LogP contribution in [0.5, 0.6) is 0 Å². The van der Waals surface area contributed by atoms with Crippen molar-refractivity contribution in [1.29, 1.82) is 0 Å². The number of benzene rings is 1. The first kappa shape index (κ1) is 15.3. The summed E-state index contributed by atoms with van der Waals surface area (Å²) in [6.07, 6.45) is -5.40. The number of hydrogen-bond acceptors (Lipinski definition) is 3. The summed E-state index contributed by atoms with van der Waals surface area (Å²) >= 11 is 0. The van der Waals surface area contributed by atoms with Gasteiger partial charge in [-0.2, -0.15) is 13.2 Å². The van der Waals surface area contributed by atoms with Crippen molar-refractivity contribution < 1.29 is 22.0 Å². The lowest BCUT2D eigenvalue weighted by Gasteiger charge is -2.34. The molecular weight excluding hydrogens is 300 g/mol. The van der Waals surface area contributed by atoms with Crippen molar-refractivity contribution in [3.05, 3.63) is 29.2 Å². The summed E-state index contributed by atoms with van der Waals surface area (Å²) in [5.41, 5.74) is -0.384. The maximum Gasteiger partial charge on any atom is 0.420 e. The molecule has 1 aromatic heterocycles. The average molecular weight is 316 g/mol. The maximum absolute atomic E-state index is 13.2. The van der Waals surface area contributed by atoms with E-state index in [1.165, 1.54) is 0 Å². The summed E-state index contributed by atoms with van der Waals surface area (Å²) in [6.45, 7) is 4.41. The molecule has 1 aromatic carbocycles. The summed E-state index contributed by atoms with van der Waals surface area (Å²) in [6, 6.07) is 2.66. The Morgan fingerprint density at radius 3 is 2.55 bits per heavy atom. The number of fused-ring (bicyclic) bond motifs is 1. The monoisotopic (exact) mass is 316 g/mol. The second kappa shape index (κ2) is 5.22. The van der Waals surface area contributed by atoms with Gasteiger partial charge in [0.15, 0.2) is 11.5 Å². The van der Waals surface area contributed by atoms with Gasteiger partial charge in [-0.25, -0.2) is 9.37 Å². The summed E-state index contributed by atoms with van der Waals surface area (Å²) < 4.78 is 57.9. The molecule has 0 atom stereocenters. The summed E-state index contributed by atoms with van der Waals surface area (Å²) in [5, 5.41) is 0. The summed E-state index contributed by atoms with van der Waals surface area (Å²) in [5.74, 6) is 0.185. The van der Waals surface area contributed by atoms with Gasteiger partial charge in [0, 0.05) is 25.6 Å². The zero-order chi connectivity index (χ0) is 16.1. The highest BCUT2D eigenvalue weighted by Gasteiger charge is 2.36. The lowest BCUT2D eigenvalue weighted by molar-refractivity contribution is -0.137. The molecule has 2 heterocycles. The van der Waals surface area contributed by atoms with Crippen LogP contribution in [0, 0.1) is 0 Å². The molecular formula is C15H16F4N2O. The number of oxazole rings is 1. The molecule has 1 aliphatic heterocycles. The van der Waals surface area contributed by atoms with E-state index < -0.39 is 17.9 Å². The Kier molecular flexibility index (Phi) is 3.63. The van der Waals surface area contributed by atoms with Gasteiger partial charge in [-0.3, -0.25) is 4.90 Å². The molecule has 0 unspecified atom stereocenters. The van der Waals surface area contributed by atoms with Crippen molar-refractivity contribution in [3.8, 4) is 0 Å². The molecule has 2 aromatic rings. The smallest absolute Gasteiger partial charge is 0.420 e.